The number of ether oxygens (including phenoxy) is 2. The molecule has 17 heavy (non-hydrogen) atoms. The van der Waals surface area contributed by atoms with Crippen molar-refractivity contribution in [3.8, 4) is 11.5 Å². The zero-order chi connectivity index (χ0) is 12.9. The van der Waals surface area contributed by atoms with E-state index in [9.17, 15) is 5.11 Å². The van der Waals surface area contributed by atoms with Crippen molar-refractivity contribution in [3.05, 3.63) is 23.8 Å². The van der Waals surface area contributed by atoms with E-state index in [1.807, 2.05) is 32.0 Å². The Morgan fingerprint density at radius 3 is 2.53 bits per heavy atom. The third kappa shape index (κ3) is 2.90. The maximum absolute atomic E-state index is 9.42. The molecule has 0 saturated heterocycles. The van der Waals surface area contributed by atoms with E-state index in [1.54, 1.807) is 7.11 Å². The number of nitrogens with two attached hydrogens (primary N) is 1. The number of hydrogen-bond donors (Lipinski definition) is 2. The lowest BCUT2D eigenvalue weighted by atomic mass is 9.83. The Hall–Kier alpha value is -1.26. The lowest BCUT2D eigenvalue weighted by Gasteiger charge is -2.26. The average molecular weight is 239 g/mol. The van der Waals surface area contributed by atoms with Crippen LogP contribution in [0.15, 0.2) is 18.2 Å². The molecule has 4 heteroatoms. The van der Waals surface area contributed by atoms with Gasteiger partial charge in [0.25, 0.3) is 0 Å². The van der Waals surface area contributed by atoms with Crippen molar-refractivity contribution >= 4 is 0 Å². The highest BCUT2D eigenvalue weighted by molar-refractivity contribution is 5.45. The van der Waals surface area contributed by atoms with E-state index < -0.39 is 5.41 Å². The number of hydrogen-bond acceptors (Lipinski definition) is 4. The number of benzene rings is 1. The Kier molecular flexibility index (Phi) is 4.78. The van der Waals surface area contributed by atoms with Gasteiger partial charge in [-0.2, -0.15) is 0 Å². The quantitative estimate of drug-likeness (QED) is 0.785. The fourth-order valence-electron chi connectivity index (χ4n) is 1.59. The molecule has 4 nitrogen and oxygen atoms in total. The summed E-state index contributed by atoms with van der Waals surface area (Å²) in [4.78, 5) is 0. The second-order valence-electron chi connectivity index (χ2n) is 4.22. The third-order valence-electron chi connectivity index (χ3n) is 2.96. The van der Waals surface area contributed by atoms with Crippen molar-refractivity contribution < 1.29 is 14.6 Å². The van der Waals surface area contributed by atoms with Gasteiger partial charge in [0, 0.05) is 12.0 Å². The third-order valence-corrected chi connectivity index (χ3v) is 2.96. The highest BCUT2D eigenvalue weighted by Gasteiger charge is 2.25. The van der Waals surface area contributed by atoms with Crippen molar-refractivity contribution in [2.24, 2.45) is 5.73 Å². The van der Waals surface area contributed by atoms with Crippen molar-refractivity contribution in [1.82, 2.24) is 0 Å². The van der Waals surface area contributed by atoms with Gasteiger partial charge >= 0.3 is 0 Å². The minimum absolute atomic E-state index is 0.000631. The van der Waals surface area contributed by atoms with Gasteiger partial charge in [-0.25, -0.2) is 0 Å². The second kappa shape index (κ2) is 5.89. The fraction of sp³-hybridized carbons (Fsp3) is 0.538. The molecule has 0 aliphatic rings. The molecule has 0 fully saturated rings. The molecule has 0 amide bonds. The van der Waals surface area contributed by atoms with E-state index in [1.165, 1.54) is 0 Å². The molecule has 3 N–H and O–H groups in total. The standard InChI is InChI=1S/C13H21NO3/c1-4-17-11-6-5-10(7-12(11)16-3)13(2,8-14)9-15/h5-7,15H,4,8-9,14H2,1-3H3. The molecule has 0 saturated carbocycles. The zero-order valence-electron chi connectivity index (χ0n) is 10.7. The Morgan fingerprint density at radius 1 is 1.35 bits per heavy atom. The van der Waals surface area contributed by atoms with Gasteiger partial charge in [0.05, 0.1) is 20.3 Å². The van der Waals surface area contributed by atoms with Crippen LogP contribution < -0.4 is 15.2 Å². The molecule has 1 aromatic rings. The van der Waals surface area contributed by atoms with Crippen LogP contribution >= 0.6 is 0 Å². The minimum Gasteiger partial charge on any atom is -0.493 e. The summed E-state index contributed by atoms with van der Waals surface area (Å²) in [6.45, 7) is 4.80. The molecule has 0 bridgehead atoms. The molecule has 96 valence electrons. The van der Waals surface area contributed by atoms with Crippen LogP contribution in [0.4, 0.5) is 0 Å². The van der Waals surface area contributed by atoms with Crippen molar-refractivity contribution in [1.29, 1.82) is 0 Å². The van der Waals surface area contributed by atoms with Crippen LogP contribution in [0.25, 0.3) is 0 Å². The molecule has 1 atom stereocenters. The van der Waals surface area contributed by atoms with Crippen LogP contribution in [-0.2, 0) is 5.41 Å². The van der Waals surface area contributed by atoms with Gasteiger partial charge in [0.15, 0.2) is 11.5 Å². The number of aliphatic hydroxyl groups excluding tert-OH is 1. The van der Waals surface area contributed by atoms with Gasteiger partial charge in [0.2, 0.25) is 0 Å². The first kappa shape index (κ1) is 13.8. The van der Waals surface area contributed by atoms with Gasteiger partial charge in [-0.3, -0.25) is 0 Å². The van der Waals surface area contributed by atoms with E-state index in [-0.39, 0.29) is 6.61 Å². The van der Waals surface area contributed by atoms with Crippen LogP contribution in [0.5, 0.6) is 11.5 Å². The van der Waals surface area contributed by atoms with Gasteiger partial charge in [-0.05, 0) is 24.6 Å². The van der Waals surface area contributed by atoms with Crippen LogP contribution in [0.1, 0.15) is 19.4 Å². The summed E-state index contributed by atoms with van der Waals surface area (Å²) in [6, 6.07) is 5.63. The predicted molar refractivity (Wildman–Crippen MR) is 67.7 cm³/mol. The summed E-state index contributed by atoms with van der Waals surface area (Å²) >= 11 is 0. The monoisotopic (exact) mass is 239 g/mol. The van der Waals surface area contributed by atoms with Gasteiger partial charge < -0.3 is 20.3 Å². The predicted octanol–water partition coefficient (Wildman–Crippen LogP) is 1.30. The molecule has 0 aliphatic carbocycles. The zero-order valence-corrected chi connectivity index (χ0v) is 10.7. The van der Waals surface area contributed by atoms with Crippen molar-refractivity contribution in [2.75, 3.05) is 26.9 Å². The normalized spacial score (nSPS) is 14.2. The van der Waals surface area contributed by atoms with Crippen molar-refractivity contribution in [3.63, 3.8) is 0 Å². The molecular weight excluding hydrogens is 218 g/mol. The minimum atomic E-state index is -0.446. The molecule has 0 aliphatic heterocycles. The first-order chi connectivity index (χ1) is 8.11. The summed E-state index contributed by atoms with van der Waals surface area (Å²) < 4.78 is 10.7. The van der Waals surface area contributed by atoms with E-state index in [2.05, 4.69) is 0 Å². The highest BCUT2D eigenvalue weighted by atomic mass is 16.5. The van der Waals surface area contributed by atoms with E-state index in [0.29, 0.717) is 24.7 Å². The number of aliphatic hydroxyl groups is 1. The SMILES string of the molecule is CCOc1ccc(C(C)(CN)CO)cc1OC. The largest absolute Gasteiger partial charge is 0.493 e. The smallest absolute Gasteiger partial charge is 0.161 e. The molecule has 0 radical (unpaired) electrons. The van der Waals surface area contributed by atoms with Crippen LogP contribution in [0, 0.1) is 0 Å². The Balaban J connectivity index is 3.12. The fourth-order valence-corrected chi connectivity index (χ4v) is 1.59. The first-order valence-corrected chi connectivity index (χ1v) is 5.73. The molecule has 0 spiro atoms. The Morgan fingerprint density at radius 2 is 2.06 bits per heavy atom. The van der Waals surface area contributed by atoms with Crippen LogP contribution in [0.2, 0.25) is 0 Å². The number of rotatable bonds is 6. The van der Waals surface area contributed by atoms with E-state index in [4.69, 9.17) is 15.2 Å². The lowest BCUT2D eigenvalue weighted by molar-refractivity contribution is 0.209. The second-order valence-corrected chi connectivity index (χ2v) is 4.22. The molecule has 0 heterocycles. The van der Waals surface area contributed by atoms with Gasteiger partial charge in [-0.15, -0.1) is 0 Å². The lowest BCUT2D eigenvalue weighted by Crippen LogP contribution is -2.35. The Labute approximate surface area is 102 Å². The number of methoxy groups -OCH3 is 1. The van der Waals surface area contributed by atoms with Crippen molar-refractivity contribution in [2.45, 2.75) is 19.3 Å². The van der Waals surface area contributed by atoms with Crippen LogP contribution in [0.3, 0.4) is 0 Å². The first-order valence-electron chi connectivity index (χ1n) is 5.73. The summed E-state index contributed by atoms with van der Waals surface area (Å²) in [7, 11) is 1.60. The molecular formula is C13H21NO3. The molecule has 1 aromatic carbocycles. The summed E-state index contributed by atoms with van der Waals surface area (Å²) in [5.74, 6) is 1.37. The summed E-state index contributed by atoms with van der Waals surface area (Å²) in [6.07, 6.45) is 0. The van der Waals surface area contributed by atoms with Gasteiger partial charge in [0.1, 0.15) is 0 Å². The van der Waals surface area contributed by atoms with Gasteiger partial charge in [-0.1, -0.05) is 13.0 Å². The van der Waals surface area contributed by atoms with E-state index >= 15 is 0 Å². The molecule has 1 unspecified atom stereocenters. The topological polar surface area (TPSA) is 64.7 Å². The molecule has 1 rings (SSSR count). The highest BCUT2D eigenvalue weighted by Crippen LogP contribution is 2.32. The molecule has 0 aromatic heterocycles. The average Bonchev–Trinajstić information content (AvgIpc) is 2.38. The summed E-state index contributed by atoms with van der Waals surface area (Å²) in [5.41, 5.74) is 6.21. The maximum Gasteiger partial charge on any atom is 0.161 e. The maximum atomic E-state index is 9.42. The Bertz CT molecular complexity index is 362. The summed E-state index contributed by atoms with van der Waals surface area (Å²) in [5, 5.41) is 9.42. The van der Waals surface area contributed by atoms with Crippen LogP contribution in [-0.4, -0.2) is 32.0 Å². The van der Waals surface area contributed by atoms with E-state index in [0.717, 1.165) is 5.56 Å².